The number of hydrogen-bond donors (Lipinski definition) is 0. The van der Waals surface area contributed by atoms with Gasteiger partial charge in [0.2, 0.25) is 6.08 Å². The van der Waals surface area contributed by atoms with Gasteiger partial charge in [0.05, 0.1) is 7.11 Å². The normalized spacial score (nSPS) is 23.6. The van der Waals surface area contributed by atoms with Gasteiger partial charge in [-0.3, -0.25) is 0 Å². The van der Waals surface area contributed by atoms with Gasteiger partial charge in [-0.05, 0) is 12.8 Å². The van der Waals surface area contributed by atoms with E-state index in [2.05, 4.69) is 10.8 Å². The van der Waals surface area contributed by atoms with E-state index in [0.29, 0.717) is 0 Å². The van der Waals surface area contributed by atoms with Gasteiger partial charge < -0.3 is 4.74 Å². The minimum Gasteiger partial charge on any atom is -0.465 e. The number of ether oxygens (including phenoxy) is 1. The molecular formula is C10H15O2+. The first-order valence-electron chi connectivity index (χ1n) is 4.50. The molecule has 1 atom stereocenters. The van der Waals surface area contributed by atoms with Crippen LogP contribution < -0.4 is 0 Å². The van der Waals surface area contributed by atoms with E-state index >= 15 is 0 Å². The molecule has 0 N–H and O–H groups in total. The Kier molecular flexibility index (Phi) is 3.75. The standard InChI is InChI=1S/C10H15O2/c1-12-10(11)9-7-5-3-2-4-6-8-9/h5,9H,2-4,6,8H2,1H3/q+1. The van der Waals surface area contributed by atoms with Gasteiger partial charge in [-0.1, -0.05) is 6.42 Å². The van der Waals surface area contributed by atoms with Crippen LogP contribution in [0.5, 0.6) is 0 Å². The van der Waals surface area contributed by atoms with Crippen LogP contribution in [-0.2, 0) is 9.53 Å². The molecule has 0 bridgehead atoms. The predicted molar refractivity (Wildman–Crippen MR) is 46.4 cm³/mol. The van der Waals surface area contributed by atoms with Crippen molar-refractivity contribution in [2.75, 3.05) is 7.11 Å². The van der Waals surface area contributed by atoms with Crippen molar-refractivity contribution in [3.8, 4) is 0 Å². The van der Waals surface area contributed by atoms with Crippen molar-refractivity contribution in [1.82, 2.24) is 0 Å². The molecule has 2 nitrogen and oxygen atoms in total. The van der Waals surface area contributed by atoms with Crippen molar-refractivity contribution < 1.29 is 9.53 Å². The van der Waals surface area contributed by atoms with Gasteiger partial charge in [-0.2, -0.15) is 0 Å². The van der Waals surface area contributed by atoms with E-state index in [-0.39, 0.29) is 11.9 Å². The van der Waals surface area contributed by atoms with Crippen LogP contribution in [-0.4, -0.2) is 13.1 Å². The Labute approximate surface area is 73.6 Å². The molecule has 1 rings (SSSR count). The summed E-state index contributed by atoms with van der Waals surface area (Å²) in [5.74, 6) is -0.261. The zero-order valence-electron chi connectivity index (χ0n) is 7.51. The Morgan fingerprint density at radius 1 is 1.50 bits per heavy atom. The Balaban J connectivity index is 2.48. The summed E-state index contributed by atoms with van der Waals surface area (Å²) < 4.78 is 4.66. The lowest BCUT2D eigenvalue weighted by molar-refractivity contribution is -0.144. The molecule has 0 aromatic heterocycles. The Bertz CT molecular complexity index is 173. The molecule has 0 fully saturated rings. The maximum absolute atomic E-state index is 11.1. The molecule has 2 heteroatoms. The first-order valence-corrected chi connectivity index (χ1v) is 4.50. The number of methoxy groups -OCH3 is 1. The lowest BCUT2D eigenvalue weighted by Crippen LogP contribution is -2.14. The van der Waals surface area contributed by atoms with E-state index in [1.807, 2.05) is 6.08 Å². The second-order valence-electron chi connectivity index (χ2n) is 3.08. The Morgan fingerprint density at radius 3 is 3.08 bits per heavy atom. The third-order valence-electron chi connectivity index (χ3n) is 2.15. The molecule has 0 aliphatic heterocycles. The van der Waals surface area contributed by atoms with Crippen molar-refractivity contribution in [3.63, 3.8) is 0 Å². The number of carbonyl (C=O) groups is 1. The summed E-state index contributed by atoms with van der Waals surface area (Å²) in [5, 5.41) is 0. The van der Waals surface area contributed by atoms with Crippen molar-refractivity contribution in [1.29, 1.82) is 0 Å². The minimum absolute atomic E-state index is 0.115. The molecule has 1 unspecified atom stereocenters. The van der Waals surface area contributed by atoms with E-state index < -0.39 is 0 Å². The third kappa shape index (κ3) is 2.63. The fourth-order valence-corrected chi connectivity index (χ4v) is 1.41. The second kappa shape index (κ2) is 4.89. The molecule has 0 saturated carbocycles. The lowest BCUT2D eigenvalue weighted by Gasteiger charge is -2.03. The highest BCUT2D eigenvalue weighted by Crippen LogP contribution is 2.16. The summed E-state index contributed by atoms with van der Waals surface area (Å²) in [5.41, 5.74) is 0. The lowest BCUT2D eigenvalue weighted by atomic mass is 9.97. The highest BCUT2D eigenvalue weighted by atomic mass is 16.5. The largest absolute Gasteiger partial charge is 0.465 e. The summed E-state index contributed by atoms with van der Waals surface area (Å²) in [6.07, 6.45) is 10.5. The molecule has 1 aliphatic rings. The summed E-state index contributed by atoms with van der Waals surface area (Å²) in [6, 6.07) is 0. The van der Waals surface area contributed by atoms with Crippen LogP contribution in [0.4, 0.5) is 0 Å². The number of carbonyl (C=O) groups excluding carboxylic acids is 1. The van der Waals surface area contributed by atoms with E-state index in [9.17, 15) is 4.79 Å². The maximum atomic E-state index is 11.1. The van der Waals surface area contributed by atoms with Crippen molar-refractivity contribution in [2.24, 2.45) is 5.92 Å². The molecule has 1 aliphatic carbocycles. The van der Waals surface area contributed by atoms with E-state index in [1.165, 1.54) is 20.0 Å². The second-order valence-corrected chi connectivity index (χ2v) is 3.08. The highest BCUT2D eigenvalue weighted by molar-refractivity contribution is 5.73. The quantitative estimate of drug-likeness (QED) is 0.441. The monoisotopic (exact) mass is 167 g/mol. The van der Waals surface area contributed by atoms with E-state index in [0.717, 1.165) is 19.3 Å². The van der Waals surface area contributed by atoms with Crippen LogP contribution in [0.15, 0.2) is 6.08 Å². The van der Waals surface area contributed by atoms with Crippen LogP contribution in [0.3, 0.4) is 0 Å². The molecule has 0 amide bonds. The molecule has 0 radical (unpaired) electrons. The zero-order chi connectivity index (χ0) is 8.81. The molecule has 0 spiro atoms. The van der Waals surface area contributed by atoms with Crippen LogP contribution in [0.2, 0.25) is 0 Å². The fraction of sp³-hybridized carbons (Fsp3) is 0.700. The van der Waals surface area contributed by atoms with Crippen LogP contribution in [0.25, 0.3) is 0 Å². The van der Waals surface area contributed by atoms with Crippen molar-refractivity contribution in [3.05, 3.63) is 12.2 Å². The van der Waals surface area contributed by atoms with Crippen molar-refractivity contribution in [2.45, 2.75) is 32.1 Å². The van der Waals surface area contributed by atoms with Gasteiger partial charge in [-0.15, -0.1) is 0 Å². The van der Waals surface area contributed by atoms with Gasteiger partial charge in [0, 0.05) is 12.8 Å². The third-order valence-corrected chi connectivity index (χ3v) is 2.15. The summed E-state index contributed by atoms with van der Waals surface area (Å²) >= 11 is 0. The summed E-state index contributed by atoms with van der Waals surface area (Å²) in [6.45, 7) is 0. The number of esters is 1. The van der Waals surface area contributed by atoms with Crippen LogP contribution in [0, 0.1) is 12.0 Å². The van der Waals surface area contributed by atoms with Gasteiger partial charge in [0.15, 0.2) is 6.08 Å². The predicted octanol–water partition coefficient (Wildman–Crippen LogP) is 2.10. The first kappa shape index (κ1) is 9.21. The number of allylic oxidation sites excluding steroid dienone is 1. The fourth-order valence-electron chi connectivity index (χ4n) is 1.41. The van der Waals surface area contributed by atoms with E-state index in [4.69, 9.17) is 0 Å². The van der Waals surface area contributed by atoms with E-state index in [1.54, 1.807) is 0 Å². The topological polar surface area (TPSA) is 26.3 Å². The zero-order valence-corrected chi connectivity index (χ0v) is 7.51. The summed E-state index contributed by atoms with van der Waals surface area (Å²) in [4.78, 5) is 11.1. The highest BCUT2D eigenvalue weighted by Gasteiger charge is 2.27. The van der Waals surface area contributed by atoms with Gasteiger partial charge in [-0.25, -0.2) is 4.79 Å². The Morgan fingerprint density at radius 2 is 2.33 bits per heavy atom. The van der Waals surface area contributed by atoms with Crippen molar-refractivity contribution >= 4 is 5.97 Å². The average Bonchev–Trinajstić information content (AvgIpc) is 2.02. The molecule has 0 aromatic rings. The van der Waals surface area contributed by atoms with Crippen LogP contribution in [0.1, 0.15) is 32.1 Å². The summed E-state index contributed by atoms with van der Waals surface area (Å²) in [7, 11) is 1.43. The molecule has 0 aromatic carbocycles. The maximum Gasteiger partial charge on any atom is 0.365 e. The minimum atomic E-state index is -0.145. The molecular weight excluding hydrogens is 152 g/mol. The Hall–Kier alpha value is -0.880. The average molecular weight is 167 g/mol. The molecule has 66 valence electrons. The number of rotatable bonds is 1. The van der Waals surface area contributed by atoms with Gasteiger partial charge in [0.25, 0.3) is 5.92 Å². The molecule has 0 saturated heterocycles. The van der Waals surface area contributed by atoms with Gasteiger partial charge >= 0.3 is 5.97 Å². The van der Waals surface area contributed by atoms with Crippen LogP contribution >= 0.6 is 0 Å². The molecule has 12 heavy (non-hydrogen) atoms. The number of hydrogen-bond acceptors (Lipinski definition) is 2. The van der Waals surface area contributed by atoms with Gasteiger partial charge in [0.1, 0.15) is 0 Å². The molecule has 0 heterocycles. The SMILES string of the molecule is COC(=O)C1[C+]=CCCCCC1. The first-order chi connectivity index (χ1) is 5.84. The smallest absolute Gasteiger partial charge is 0.365 e.